The highest BCUT2D eigenvalue weighted by Crippen LogP contribution is 2.19. The molecular formula is C14H20N2O. The Hall–Kier alpha value is -1.51. The number of allylic oxidation sites excluding steroid dienone is 1. The molecule has 0 saturated heterocycles. The topological polar surface area (TPSA) is 34.0 Å². The van der Waals surface area contributed by atoms with Crippen molar-refractivity contribution in [2.45, 2.75) is 32.1 Å². The van der Waals surface area contributed by atoms with Crippen LogP contribution in [0.3, 0.4) is 0 Å². The monoisotopic (exact) mass is 232 g/mol. The van der Waals surface area contributed by atoms with Crippen LogP contribution in [0.5, 0.6) is 0 Å². The van der Waals surface area contributed by atoms with Crippen LogP contribution in [0.25, 0.3) is 0 Å². The number of carbonyl (C=O) groups excluding carboxylic acids is 1. The van der Waals surface area contributed by atoms with Crippen LogP contribution in [0, 0.1) is 0 Å². The van der Waals surface area contributed by atoms with Gasteiger partial charge in [-0.15, -0.1) is 0 Å². The summed E-state index contributed by atoms with van der Waals surface area (Å²) < 4.78 is 1.89. The van der Waals surface area contributed by atoms with E-state index in [2.05, 4.69) is 11.4 Å². The molecule has 0 spiro atoms. The molecule has 0 unspecified atom stereocenters. The number of hydrogen-bond acceptors (Lipinski definition) is 1. The minimum Gasteiger partial charge on any atom is -0.356 e. The maximum Gasteiger partial charge on any atom is 0.252 e. The van der Waals surface area contributed by atoms with Crippen molar-refractivity contribution in [3.63, 3.8) is 0 Å². The van der Waals surface area contributed by atoms with E-state index in [-0.39, 0.29) is 5.91 Å². The molecule has 0 aliphatic heterocycles. The third-order valence-corrected chi connectivity index (χ3v) is 3.21. The molecule has 92 valence electrons. The zero-order chi connectivity index (χ0) is 12.1. The molecule has 0 aromatic carbocycles. The molecule has 1 aromatic rings. The van der Waals surface area contributed by atoms with E-state index in [1.165, 1.54) is 31.3 Å². The molecule has 1 aliphatic carbocycles. The molecule has 1 N–H and O–H groups in total. The molecule has 1 aliphatic rings. The smallest absolute Gasteiger partial charge is 0.252 e. The van der Waals surface area contributed by atoms with Crippen molar-refractivity contribution in [3.05, 3.63) is 35.7 Å². The standard InChI is InChI=1S/C14H20N2O/c1-16-10-8-13(11-16)14(17)15-9-7-12-5-3-2-4-6-12/h5,8,10-11H,2-4,6-7,9H2,1H3,(H,15,17). The van der Waals surface area contributed by atoms with Gasteiger partial charge in [0, 0.05) is 26.0 Å². The lowest BCUT2D eigenvalue weighted by molar-refractivity contribution is 0.0954. The summed E-state index contributed by atoms with van der Waals surface area (Å²) in [4.78, 5) is 11.8. The van der Waals surface area contributed by atoms with Gasteiger partial charge in [0.1, 0.15) is 0 Å². The molecule has 17 heavy (non-hydrogen) atoms. The number of amides is 1. The number of aryl methyl sites for hydroxylation is 1. The summed E-state index contributed by atoms with van der Waals surface area (Å²) in [7, 11) is 1.92. The van der Waals surface area contributed by atoms with E-state index >= 15 is 0 Å². The Morgan fingerprint density at radius 1 is 1.47 bits per heavy atom. The van der Waals surface area contributed by atoms with Crippen molar-refractivity contribution in [2.75, 3.05) is 6.54 Å². The first-order chi connectivity index (χ1) is 8.25. The average Bonchev–Trinajstić information content (AvgIpc) is 2.77. The maximum absolute atomic E-state index is 11.8. The van der Waals surface area contributed by atoms with Gasteiger partial charge in [0.15, 0.2) is 0 Å². The largest absolute Gasteiger partial charge is 0.356 e. The van der Waals surface area contributed by atoms with Crippen molar-refractivity contribution in [1.29, 1.82) is 0 Å². The van der Waals surface area contributed by atoms with Crippen molar-refractivity contribution in [1.82, 2.24) is 9.88 Å². The van der Waals surface area contributed by atoms with Crippen LogP contribution in [0.2, 0.25) is 0 Å². The molecule has 0 fully saturated rings. The molecule has 1 amide bonds. The van der Waals surface area contributed by atoms with Crippen LogP contribution in [0.15, 0.2) is 30.1 Å². The molecule has 0 radical (unpaired) electrons. The maximum atomic E-state index is 11.8. The van der Waals surface area contributed by atoms with E-state index in [1.54, 1.807) is 0 Å². The third-order valence-electron chi connectivity index (χ3n) is 3.21. The van der Waals surface area contributed by atoms with Crippen LogP contribution in [-0.2, 0) is 7.05 Å². The minimum absolute atomic E-state index is 0.0296. The van der Waals surface area contributed by atoms with Crippen LogP contribution >= 0.6 is 0 Å². The van der Waals surface area contributed by atoms with Gasteiger partial charge in [-0.3, -0.25) is 4.79 Å². The van der Waals surface area contributed by atoms with E-state index in [1.807, 2.05) is 30.1 Å². The lowest BCUT2D eigenvalue weighted by Crippen LogP contribution is -2.24. The average molecular weight is 232 g/mol. The fourth-order valence-corrected chi connectivity index (χ4v) is 2.21. The van der Waals surface area contributed by atoms with Gasteiger partial charge < -0.3 is 9.88 Å². The Labute approximate surface area is 103 Å². The summed E-state index contributed by atoms with van der Waals surface area (Å²) in [6.45, 7) is 0.750. The Kier molecular flexibility index (Phi) is 4.02. The minimum atomic E-state index is 0.0296. The summed E-state index contributed by atoms with van der Waals surface area (Å²) in [5.41, 5.74) is 2.25. The van der Waals surface area contributed by atoms with Crippen molar-refractivity contribution < 1.29 is 4.79 Å². The summed E-state index contributed by atoms with van der Waals surface area (Å²) in [6.07, 6.45) is 12.1. The van der Waals surface area contributed by atoms with E-state index in [0.717, 1.165) is 18.5 Å². The second kappa shape index (κ2) is 5.71. The number of nitrogens with one attached hydrogen (secondary N) is 1. The summed E-state index contributed by atoms with van der Waals surface area (Å²) in [5, 5.41) is 2.97. The summed E-state index contributed by atoms with van der Waals surface area (Å²) in [5.74, 6) is 0.0296. The highest BCUT2D eigenvalue weighted by molar-refractivity contribution is 5.93. The first-order valence-electron chi connectivity index (χ1n) is 6.34. The van der Waals surface area contributed by atoms with Gasteiger partial charge in [-0.2, -0.15) is 0 Å². The second-order valence-electron chi connectivity index (χ2n) is 4.68. The lowest BCUT2D eigenvalue weighted by Gasteiger charge is -2.12. The van der Waals surface area contributed by atoms with Gasteiger partial charge >= 0.3 is 0 Å². The quantitative estimate of drug-likeness (QED) is 0.796. The molecule has 3 nitrogen and oxygen atoms in total. The van der Waals surface area contributed by atoms with Gasteiger partial charge in [-0.1, -0.05) is 11.6 Å². The Morgan fingerprint density at radius 2 is 2.35 bits per heavy atom. The van der Waals surface area contributed by atoms with Crippen LogP contribution < -0.4 is 5.32 Å². The van der Waals surface area contributed by atoms with Gasteiger partial charge in [0.05, 0.1) is 5.56 Å². The van der Waals surface area contributed by atoms with Crippen LogP contribution in [0.4, 0.5) is 0 Å². The number of nitrogens with zero attached hydrogens (tertiary/aromatic N) is 1. The van der Waals surface area contributed by atoms with Crippen molar-refractivity contribution in [3.8, 4) is 0 Å². The molecule has 3 heteroatoms. The molecule has 1 heterocycles. The number of hydrogen-bond donors (Lipinski definition) is 1. The van der Waals surface area contributed by atoms with Gasteiger partial charge in [-0.05, 0) is 38.2 Å². The van der Waals surface area contributed by atoms with E-state index in [0.29, 0.717) is 0 Å². The van der Waals surface area contributed by atoms with E-state index in [4.69, 9.17) is 0 Å². The zero-order valence-corrected chi connectivity index (χ0v) is 10.4. The molecular weight excluding hydrogens is 212 g/mol. The second-order valence-corrected chi connectivity index (χ2v) is 4.68. The van der Waals surface area contributed by atoms with Crippen molar-refractivity contribution in [2.24, 2.45) is 7.05 Å². The van der Waals surface area contributed by atoms with Crippen molar-refractivity contribution >= 4 is 5.91 Å². The fraction of sp³-hybridized carbons (Fsp3) is 0.500. The Balaban J connectivity index is 1.75. The molecule has 0 saturated carbocycles. The normalized spacial score (nSPS) is 15.5. The van der Waals surface area contributed by atoms with E-state index in [9.17, 15) is 4.79 Å². The fourth-order valence-electron chi connectivity index (χ4n) is 2.21. The molecule has 0 atom stereocenters. The number of carbonyl (C=O) groups is 1. The summed E-state index contributed by atoms with van der Waals surface area (Å²) in [6, 6.07) is 1.84. The predicted molar refractivity (Wildman–Crippen MR) is 68.9 cm³/mol. The van der Waals surface area contributed by atoms with Gasteiger partial charge in [0.25, 0.3) is 5.91 Å². The third kappa shape index (κ3) is 3.48. The number of rotatable bonds is 4. The first-order valence-corrected chi connectivity index (χ1v) is 6.34. The first kappa shape index (κ1) is 12.0. The van der Waals surface area contributed by atoms with Crippen LogP contribution in [-0.4, -0.2) is 17.0 Å². The molecule has 0 bridgehead atoms. The van der Waals surface area contributed by atoms with E-state index < -0.39 is 0 Å². The number of aromatic nitrogens is 1. The Morgan fingerprint density at radius 3 is 3.00 bits per heavy atom. The highest BCUT2D eigenvalue weighted by Gasteiger charge is 2.07. The SMILES string of the molecule is Cn1ccc(C(=O)NCCC2=CCCCC2)c1. The van der Waals surface area contributed by atoms with Crippen LogP contribution in [0.1, 0.15) is 42.5 Å². The van der Waals surface area contributed by atoms with Gasteiger partial charge in [-0.25, -0.2) is 0 Å². The van der Waals surface area contributed by atoms with Gasteiger partial charge in [0.2, 0.25) is 0 Å². The predicted octanol–water partition coefficient (Wildman–Crippen LogP) is 2.65. The molecule has 2 rings (SSSR count). The summed E-state index contributed by atoms with van der Waals surface area (Å²) >= 11 is 0. The highest BCUT2D eigenvalue weighted by atomic mass is 16.1. The lowest BCUT2D eigenvalue weighted by atomic mass is 9.97. The Bertz CT molecular complexity index is 418. The molecule has 1 aromatic heterocycles. The zero-order valence-electron chi connectivity index (χ0n) is 10.4.